The molecule has 11 heteroatoms. The number of benzene rings is 2. The molecule has 44 heavy (non-hydrogen) atoms. The van der Waals surface area contributed by atoms with E-state index in [0.717, 1.165) is 24.8 Å². The number of amides is 1. The van der Waals surface area contributed by atoms with Crippen molar-refractivity contribution in [3.05, 3.63) is 107 Å². The summed E-state index contributed by atoms with van der Waals surface area (Å²) >= 11 is 2.74. The summed E-state index contributed by atoms with van der Waals surface area (Å²) in [7, 11) is 0. The van der Waals surface area contributed by atoms with Crippen LogP contribution in [0.15, 0.2) is 88.9 Å². The molecule has 0 saturated carbocycles. The van der Waals surface area contributed by atoms with Gasteiger partial charge >= 0.3 is 5.91 Å². The van der Waals surface area contributed by atoms with Crippen molar-refractivity contribution in [2.75, 3.05) is 11.5 Å². The number of pyridine rings is 1. The minimum absolute atomic E-state index is 0.0333. The fraction of sp³-hybridized carbons (Fsp3) is 0.242. The number of Topliss-reactive ketones (excluding diaryl/α,β-unsaturated/α-hetero) is 1. The molecule has 5 aromatic rings. The summed E-state index contributed by atoms with van der Waals surface area (Å²) in [5.74, 6) is -0.500. The minimum atomic E-state index is -0.933. The van der Waals surface area contributed by atoms with Gasteiger partial charge in [-0.1, -0.05) is 91.4 Å². The van der Waals surface area contributed by atoms with E-state index in [1.165, 1.54) is 28.0 Å². The van der Waals surface area contributed by atoms with Gasteiger partial charge in [-0.2, -0.15) is 0 Å². The number of anilines is 1. The van der Waals surface area contributed by atoms with Crippen molar-refractivity contribution in [3.8, 4) is 5.75 Å². The van der Waals surface area contributed by atoms with E-state index in [1.54, 1.807) is 17.5 Å². The number of carbonyl (C=O) groups excluding carboxylic acids is 2. The third kappa shape index (κ3) is 5.85. The lowest BCUT2D eigenvalue weighted by Crippen LogP contribution is -2.29. The first-order chi connectivity index (χ1) is 21.5. The van der Waals surface area contributed by atoms with Crippen LogP contribution in [-0.4, -0.2) is 43.0 Å². The van der Waals surface area contributed by atoms with Crippen molar-refractivity contribution < 1.29 is 19.4 Å². The quantitative estimate of drug-likeness (QED) is 0.0418. The Kier molecular flexibility index (Phi) is 8.76. The van der Waals surface area contributed by atoms with Crippen LogP contribution in [0.25, 0.3) is 11.4 Å². The van der Waals surface area contributed by atoms with Gasteiger partial charge in [-0.3, -0.25) is 18.9 Å². The number of aryl methyl sites for hydroxylation is 1. The number of hydrogen-bond acceptors (Lipinski definition) is 9. The van der Waals surface area contributed by atoms with Crippen LogP contribution in [0.5, 0.6) is 5.75 Å². The van der Waals surface area contributed by atoms with Gasteiger partial charge in [-0.15, -0.1) is 10.2 Å². The standard InChI is InChI=1S/C33H31N5O4S2/c1-3-4-10-19-42-24-16-14-23(15-17-24)28-26(29(39)27-21(2)34-25-13-8-9-18-37(25)27)30(40)31(41)38(28)32-35-36-33(44-32)43-20-22-11-6-5-7-12-22/h5-9,11-18,28,39H,3-4,10,19-20H2,1-2H3. The lowest BCUT2D eigenvalue weighted by molar-refractivity contribution is -0.132. The molecule has 1 aliphatic rings. The fourth-order valence-corrected chi connectivity index (χ4v) is 7.06. The Morgan fingerprint density at radius 3 is 2.55 bits per heavy atom. The Morgan fingerprint density at radius 2 is 1.77 bits per heavy atom. The Hall–Kier alpha value is -4.48. The average molecular weight is 626 g/mol. The molecule has 0 spiro atoms. The lowest BCUT2D eigenvalue weighted by atomic mass is 9.96. The second-order valence-corrected chi connectivity index (χ2v) is 12.6. The molecule has 0 bridgehead atoms. The summed E-state index contributed by atoms with van der Waals surface area (Å²) in [6.07, 6.45) is 4.91. The topological polar surface area (TPSA) is 110 Å². The van der Waals surface area contributed by atoms with Crippen LogP contribution in [0, 0.1) is 6.92 Å². The van der Waals surface area contributed by atoms with Gasteiger partial charge in [0.1, 0.15) is 17.1 Å². The highest BCUT2D eigenvalue weighted by molar-refractivity contribution is 8.00. The van der Waals surface area contributed by atoms with Gasteiger partial charge < -0.3 is 9.84 Å². The number of aliphatic hydroxyl groups excluding tert-OH is 1. The first kappa shape index (κ1) is 29.6. The third-order valence-corrected chi connectivity index (χ3v) is 9.52. The molecule has 1 unspecified atom stereocenters. The molecular weight excluding hydrogens is 595 g/mol. The predicted octanol–water partition coefficient (Wildman–Crippen LogP) is 6.98. The maximum absolute atomic E-state index is 13.7. The first-order valence-electron chi connectivity index (χ1n) is 14.4. The highest BCUT2D eigenvalue weighted by Gasteiger charge is 2.49. The largest absolute Gasteiger partial charge is 0.505 e. The number of ketones is 1. The molecule has 9 nitrogen and oxygen atoms in total. The number of hydrogen-bond donors (Lipinski definition) is 1. The molecule has 1 amide bonds. The molecule has 2 aromatic carbocycles. The van der Waals surface area contributed by atoms with Crippen molar-refractivity contribution in [1.29, 1.82) is 0 Å². The molecular formula is C33H31N5O4S2. The number of unbranched alkanes of at least 4 members (excludes halogenated alkanes) is 2. The zero-order valence-electron chi connectivity index (χ0n) is 24.3. The third-order valence-electron chi connectivity index (χ3n) is 7.39. The Balaban J connectivity index is 1.40. The Labute approximate surface area is 263 Å². The summed E-state index contributed by atoms with van der Waals surface area (Å²) in [6, 6.07) is 21.8. The molecule has 1 atom stereocenters. The molecule has 1 saturated heterocycles. The van der Waals surface area contributed by atoms with Crippen molar-refractivity contribution >= 4 is 51.3 Å². The number of ether oxygens (including phenoxy) is 1. The number of carbonyl (C=O) groups is 2. The Bertz CT molecular complexity index is 1830. The monoisotopic (exact) mass is 625 g/mol. The second kappa shape index (κ2) is 13.0. The van der Waals surface area contributed by atoms with Gasteiger partial charge in [0.2, 0.25) is 5.13 Å². The molecule has 0 radical (unpaired) electrons. The zero-order valence-corrected chi connectivity index (χ0v) is 26.0. The van der Waals surface area contributed by atoms with Crippen LogP contribution in [0.1, 0.15) is 54.7 Å². The average Bonchev–Trinajstić information content (AvgIpc) is 3.72. The maximum atomic E-state index is 13.7. The number of thioether (sulfide) groups is 1. The van der Waals surface area contributed by atoms with Gasteiger partial charge in [0, 0.05) is 11.9 Å². The minimum Gasteiger partial charge on any atom is -0.505 e. The predicted molar refractivity (Wildman–Crippen MR) is 172 cm³/mol. The van der Waals surface area contributed by atoms with Crippen LogP contribution in [-0.2, 0) is 15.3 Å². The van der Waals surface area contributed by atoms with Gasteiger partial charge in [0.05, 0.1) is 23.9 Å². The fourth-order valence-electron chi connectivity index (χ4n) is 5.24. The smallest absolute Gasteiger partial charge is 0.301 e. The maximum Gasteiger partial charge on any atom is 0.301 e. The van der Waals surface area contributed by atoms with Gasteiger partial charge in [-0.25, -0.2) is 4.98 Å². The number of nitrogens with zero attached hydrogens (tertiary/aromatic N) is 5. The molecule has 1 fully saturated rings. The molecule has 224 valence electrons. The summed E-state index contributed by atoms with van der Waals surface area (Å²) in [5.41, 5.74) is 3.24. The number of fused-ring (bicyclic) bond motifs is 1. The van der Waals surface area contributed by atoms with E-state index in [2.05, 4.69) is 22.1 Å². The van der Waals surface area contributed by atoms with E-state index in [0.29, 0.717) is 45.0 Å². The van der Waals surface area contributed by atoms with Crippen LogP contribution < -0.4 is 9.64 Å². The van der Waals surface area contributed by atoms with Crippen LogP contribution in [0.4, 0.5) is 5.13 Å². The molecule has 1 aliphatic heterocycles. The summed E-state index contributed by atoms with van der Waals surface area (Å²) in [6.45, 7) is 4.51. The highest BCUT2D eigenvalue weighted by Crippen LogP contribution is 2.44. The van der Waals surface area contributed by atoms with Gasteiger partial charge in [-0.05, 0) is 48.7 Å². The van der Waals surface area contributed by atoms with Crippen molar-refractivity contribution in [2.24, 2.45) is 0 Å². The number of rotatable bonds is 11. The normalized spacial score (nSPS) is 16.2. The van der Waals surface area contributed by atoms with Crippen LogP contribution in [0.2, 0.25) is 0 Å². The lowest BCUT2D eigenvalue weighted by Gasteiger charge is -2.22. The van der Waals surface area contributed by atoms with E-state index >= 15 is 0 Å². The van der Waals surface area contributed by atoms with E-state index in [9.17, 15) is 14.7 Å². The molecule has 4 heterocycles. The molecule has 0 aliphatic carbocycles. The number of aliphatic hydroxyl groups is 1. The van der Waals surface area contributed by atoms with Crippen LogP contribution >= 0.6 is 23.1 Å². The molecule has 3 aromatic heterocycles. The Morgan fingerprint density at radius 1 is 1.00 bits per heavy atom. The van der Waals surface area contributed by atoms with Gasteiger partial charge in [0.15, 0.2) is 10.1 Å². The van der Waals surface area contributed by atoms with Crippen molar-refractivity contribution in [2.45, 2.75) is 49.2 Å². The SMILES string of the molecule is CCCCCOc1ccc(C2C(=C(O)c3c(C)nc4ccccn34)C(=O)C(=O)N2c2nnc(SCc3ccccc3)s2)cc1. The van der Waals surface area contributed by atoms with E-state index in [4.69, 9.17) is 4.74 Å². The summed E-state index contributed by atoms with van der Waals surface area (Å²) in [4.78, 5) is 33.3. The van der Waals surface area contributed by atoms with Crippen molar-refractivity contribution in [3.63, 3.8) is 0 Å². The highest BCUT2D eigenvalue weighted by atomic mass is 32.2. The van der Waals surface area contributed by atoms with Crippen LogP contribution in [0.3, 0.4) is 0 Å². The van der Waals surface area contributed by atoms with E-state index < -0.39 is 17.7 Å². The summed E-state index contributed by atoms with van der Waals surface area (Å²) < 4.78 is 8.28. The first-order valence-corrected chi connectivity index (χ1v) is 16.2. The zero-order chi connectivity index (χ0) is 30.6. The summed E-state index contributed by atoms with van der Waals surface area (Å²) in [5, 5.41) is 20.7. The number of aromatic nitrogens is 4. The molecule has 1 N–H and O–H groups in total. The number of imidazole rings is 1. The van der Waals surface area contributed by atoms with E-state index in [-0.39, 0.29) is 16.5 Å². The second-order valence-electron chi connectivity index (χ2n) is 10.4. The van der Waals surface area contributed by atoms with Crippen molar-refractivity contribution in [1.82, 2.24) is 19.6 Å². The molecule has 6 rings (SSSR count). The van der Waals surface area contributed by atoms with Gasteiger partial charge in [0.25, 0.3) is 5.78 Å². The van der Waals surface area contributed by atoms with E-state index in [1.807, 2.05) is 72.8 Å².